The lowest BCUT2D eigenvalue weighted by molar-refractivity contribution is -0.0688. The number of sulfonamides is 1. The van der Waals surface area contributed by atoms with Crippen molar-refractivity contribution in [2.75, 3.05) is 14.1 Å². The van der Waals surface area contributed by atoms with Crippen molar-refractivity contribution in [3.05, 3.63) is 28.8 Å². The molecule has 7 heteroatoms. The minimum Gasteiger partial charge on any atom is -0.349 e. The SMILES string of the molecule is C[C@H](NC(=O)c1ccc(Cl)c(S(=O)(=O)N(C)C)c1)C12CC3CC(CC(C3)C1)C2. The highest BCUT2D eigenvalue weighted by Crippen LogP contribution is 2.61. The van der Waals surface area contributed by atoms with E-state index >= 15 is 0 Å². The summed E-state index contributed by atoms with van der Waals surface area (Å²) in [7, 11) is -0.804. The summed E-state index contributed by atoms with van der Waals surface area (Å²) in [6.45, 7) is 2.12. The Morgan fingerprint density at radius 2 is 1.68 bits per heavy atom. The van der Waals surface area contributed by atoms with Crippen LogP contribution in [-0.4, -0.2) is 38.8 Å². The van der Waals surface area contributed by atoms with Crippen LogP contribution in [0.3, 0.4) is 0 Å². The summed E-state index contributed by atoms with van der Waals surface area (Å²) in [5, 5.41) is 3.31. The van der Waals surface area contributed by atoms with E-state index < -0.39 is 10.0 Å². The van der Waals surface area contributed by atoms with Gasteiger partial charge in [-0.1, -0.05) is 11.6 Å². The zero-order valence-corrected chi connectivity index (χ0v) is 18.3. The Bertz CT molecular complexity index is 862. The van der Waals surface area contributed by atoms with Crippen LogP contribution in [-0.2, 0) is 10.0 Å². The summed E-state index contributed by atoms with van der Waals surface area (Å²) in [4.78, 5) is 12.9. The fraction of sp³-hybridized carbons (Fsp3) is 0.667. The first-order chi connectivity index (χ1) is 13.1. The Morgan fingerprint density at radius 3 is 2.18 bits per heavy atom. The number of amides is 1. The first kappa shape index (κ1) is 20.2. The van der Waals surface area contributed by atoms with Gasteiger partial charge in [0, 0.05) is 25.7 Å². The van der Waals surface area contributed by atoms with Gasteiger partial charge in [0.1, 0.15) is 4.90 Å². The lowest BCUT2D eigenvalue weighted by atomic mass is 9.48. The van der Waals surface area contributed by atoms with Crippen molar-refractivity contribution in [3.63, 3.8) is 0 Å². The minimum absolute atomic E-state index is 0.0331. The molecule has 0 aromatic heterocycles. The Kier molecular flexibility index (Phi) is 5.04. The standard InChI is InChI=1S/C21H29ClN2O3S/c1-13(21-10-14-6-15(11-21)8-16(7-14)12-21)23-20(25)17-4-5-18(22)19(9-17)28(26,27)24(2)3/h4-5,9,13-16H,6-8,10-12H2,1-3H3,(H,23,25)/t13-,14?,15?,16?,21?/m0/s1. The fourth-order valence-corrected chi connectivity index (χ4v) is 7.57. The van der Waals surface area contributed by atoms with Crippen molar-refractivity contribution in [3.8, 4) is 0 Å². The molecule has 0 spiro atoms. The number of halogens is 1. The number of carbonyl (C=O) groups excluding carboxylic acids is 1. The largest absolute Gasteiger partial charge is 0.349 e. The second kappa shape index (κ2) is 6.99. The van der Waals surface area contributed by atoms with E-state index in [1.807, 2.05) is 0 Å². The van der Waals surface area contributed by atoms with E-state index in [-0.39, 0.29) is 27.3 Å². The average Bonchev–Trinajstić information content (AvgIpc) is 2.60. The van der Waals surface area contributed by atoms with Crippen LogP contribution < -0.4 is 5.32 Å². The first-order valence-electron chi connectivity index (χ1n) is 10.1. The van der Waals surface area contributed by atoms with Crippen LogP contribution in [0, 0.1) is 23.2 Å². The Hall–Kier alpha value is -1.11. The van der Waals surface area contributed by atoms with E-state index in [4.69, 9.17) is 11.6 Å². The smallest absolute Gasteiger partial charge is 0.251 e. The molecule has 0 radical (unpaired) electrons. The third kappa shape index (κ3) is 3.37. The molecular formula is C21H29ClN2O3S. The molecule has 4 bridgehead atoms. The lowest BCUT2D eigenvalue weighted by Crippen LogP contribution is -2.55. The third-order valence-electron chi connectivity index (χ3n) is 7.30. The normalized spacial score (nSPS) is 32.5. The molecule has 4 aliphatic rings. The molecule has 1 N–H and O–H groups in total. The van der Waals surface area contributed by atoms with Gasteiger partial charge in [0.15, 0.2) is 0 Å². The van der Waals surface area contributed by atoms with Gasteiger partial charge in [0.05, 0.1) is 5.02 Å². The van der Waals surface area contributed by atoms with E-state index in [1.165, 1.54) is 64.8 Å². The van der Waals surface area contributed by atoms with Crippen LogP contribution in [0.4, 0.5) is 0 Å². The highest BCUT2D eigenvalue weighted by atomic mass is 35.5. The fourth-order valence-electron chi connectivity index (χ4n) is 6.18. The van der Waals surface area contributed by atoms with Crippen molar-refractivity contribution < 1.29 is 13.2 Å². The first-order valence-corrected chi connectivity index (χ1v) is 12.0. The number of nitrogens with zero attached hydrogens (tertiary/aromatic N) is 1. The van der Waals surface area contributed by atoms with Crippen molar-refractivity contribution in [2.45, 2.75) is 56.4 Å². The Morgan fingerprint density at radius 1 is 1.14 bits per heavy atom. The van der Waals surface area contributed by atoms with Gasteiger partial charge < -0.3 is 5.32 Å². The lowest BCUT2D eigenvalue weighted by Gasteiger charge is -2.59. The van der Waals surface area contributed by atoms with Crippen LogP contribution in [0.2, 0.25) is 5.02 Å². The molecule has 4 aliphatic carbocycles. The topological polar surface area (TPSA) is 66.5 Å². The van der Waals surface area contributed by atoms with Crippen molar-refractivity contribution in [1.29, 1.82) is 0 Å². The molecule has 0 heterocycles. The Balaban J connectivity index is 1.54. The zero-order valence-electron chi connectivity index (χ0n) is 16.7. The number of rotatable bonds is 5. The number of hydrogen-bond donors (Lipinski definition) is 1. The summed E-state index contributed by atoms with van der Waals surface area (Å²) in [5.74, 6) is 2.23. The van der Waals surface area contributed by atoms with Crippen LogP contribution in [0.25, 0.3) is 0 Å². The van der Waals surface area contributed by atoms with E-state index in [1.54, 1.807) is 6.07 Å². The highest BCUT2D eigenvalue weighted by Gasteiger charge is 2.53. The zero-order chi connectivity index (χ0) is 20.3. The van der Waals surface area contributed by atoms with Gasteiger partial charge in [-0.3, -0.25) is 4.79 Å². The molecule has 1 atom stereocenters. The monoisotopic (exact) mass is 424 g/mol. The average molecular weight is 425 g/mol. The molecule has 154 valence electrons. The number of nitrogens with one attached hydrogen (secondary N) is 1. The molecule has 5 rings (SSSR count). The van der Waals surface area contributed by atoms with Crippen molar-refractivity contribution >= 4 is 27.5 Å². The molecule has 5 nitrogen and oxygen atoms in total. The molecule has 1 aromatic rings. The Labute approximate surface area is 172 Å². The molecule has 0 saturated heterocycles. The predicted octanol–water partition coefficient (Wildman–Crippen LogP) is 3.93. The molecular weight excluding hydrogens is 396 g/mol. The van der Waals surface area contributed by atoms with Crippen LogP contribution in [0.5, 0.6) is 0 Å². The van der Waals surface area contributed by atoms with Crippen LogP contribution >= 0.6 is 11.6 Å². The van der Waals surface area contributed by atoms with Crippen LogP contribution in [0.1, 0.15) is 55.8 Å². The van der Waals surface area contributed by atoms with E-state index in [9.17, 15) is 13.2 Å². The third-order valence-corrected chi connectivity index (χ3v) is 9.60. The second-order valence-electron chi connectivity index (χ2n) is 9.41. The number of carbonyl (C=O) groups is 1. The quantitative estimate of drug-likeness (QED) is 0.778. The van der Waals surface area contributed by atoms with Gasteiger partial charge >= 0.3 is 0 Å². The maximum absolute atomic E-state index is 12.9. The summed E-state index contributed by atoms with van der Waals surface area (Å²) < 4.78 is 26.1. The van der Waals surface area contributed by atoms with Gasteiger partial charge in [0.2, 0.25) is 10.0 Å². The highest BCUT2D eigenvalue weighted by molar-refractivity contribution is 7.89. The molecule has 1 aromatic carbocycles. The van der Waals surface area contributed by atoms with Gasteiger partial charge in [-0.15, -0.1) is 0 Å². The predicted molar refractivity (Wildman–Crippen MR) is 110 cm³/mol. The molecule has 0 unspecified atom stereocenters. The summed E-state index contributed by atoms with van der Waals surface area (Å²) in [6, 6.07) is 4.55. The molecule has 1 amide bonds. The molecule has 28 heavy (non-hydrogen) atoms. The number of benzene rings is 1. The summed E-state index contributed by atoms with van der Waals surface area (Å²) in [5.41, 5.74) is 0.538. The van der Waals surface area contributed by atoms with Crippen molar-refractivity contribution in [2.24, 2.45) is 23.2 Å². The summed E-state index contributed by atoms with van der Waals surface area (Å²) >= 11 is 6.11. The van der Waals surface area contributed by atoms with Crippen LogP contribution in [0.15, 0.2) is 23.1 Å². The van der Waals surface area contributed by atoms with Gasteiger partial charge in [-0.2, -0.15) is 0 Å². The second-order valence-corrected chi connectivity index (χ2v) is 11.9. The van der Waals surface area contributed by atoms with E-state index in [0.29, 0.717) is 5.56 Å². The maximum Gasteiger partial charge on any atom is 0.251 e. The van der Waals surface area contributed by atoms with Gasteiger partial charge in [0.25, 0.3) is 5.91 Å². The molecule has 4 fully saturated rings. The summed E-state index contributed by atoms with van der Waals surface area (Å²) in [6.07, 6.45) is 7.72. The van der Waals surface area contributed by atoms with Crippen molar-refractivity contribution in [1.82, 2.24) is 9.62 Å². The van der Waals surface area contributed by atoms with Gasteiger partial charge in [-0.05, 0) is 86.8 Å². The number of hydrogen-bond acceptors (Lipinski definition) is 3. The van der Waals surface area contributed by atoms with E-state index in [0.717, 1.165) is 22.1 Å². The molecule has 0 aliphatic heterocycles. The molecule has 4 saturated carbocycles. The maximum atomic E-state index is 12.9. The van der Waals surface area contributed by atoms with E-state index in [2.05, 4.69) is 12.2 Å². The van der Waals surface area contributed by atoms with Gasteiger partial charge in [-0.25, -0.2) is 12.7 Å². The minimum atomic E-state index is -3.71.